The number of hydrogen-bond donors (Lipinski definition) is 2. The van der Waals surface area contributed by atoms with Gasteiger partial charge in [-0.25, -0.2) is 0 Å². The summed E-state index contributed by atoms with van der Waals surface area (Å²) in [6.45, 7) is 7.96. The minimum atomic E-state index is -0.253. The Morgan fingerprint density at radius 1 is 1.39 bits per heavy atom. The Morgan fingerprint density at radius 2 is 2.06 bits per heavy atom. The number of hydrogen-bond acceptors (Lipinski definition) is 2. The Hall–Kier alpha value is -1.03. The predicted molar refractivity (Wildman–Crippen MR) is 79.9 cm³/mol. The van der Waals surface area contributed by atoms with Gasteiger partial charge in [-0.2, -0.15) is 0 Å². The maximum Gasteiger partial charge on any atom is 0.242 e. The molecule has 3 nitrogen and oxygen atoms in total. The topological polar surface area (TPSA) is 41.1 Å². The molecule has 0 bridgehead atoms. The van der Waals surface area contributed by atoms with Crippen LogP contribution in [0.4, 0.5) is 5.69 Å². The third kappa shape index (κ3) is 4.33. The molecule has 0 aromatic heterocycles. The van der Waals surface area contributed by atoms with Crippen LogP contribution in [0.2, 0.25) is 0 Å². The molecule has 0 heterocycles. The van der Waals surface area contributed by atoms with Crippen molar-refractivity contribution in [1.29, 1.82) is 0 Å². The Balaban J connectivity index is 2.66. The van der Waals surface area contributed by atoms with Crippen LogP contribution in [0.1, 0.15) is 32.8 Å². The van der Waals surface area contributed by atoms with Crippen molar-refractivity contribution >= 4 is 27.5 Å². The van der Waals surface area contributed by atoms with Gasteiger partial charge in [0.15, 0.2) is 0 Å². The molecule has 0 spiro atoms. The number of aryl methyl sites for hydroxylation is 1. The van der Waals surface area contributed by atoms with Gasteiger partial charge in [-0.3, -0.25) is 4.79 Å². The fourth-order valence-electron chi connectivity index (χ4n) is 1.52. The molecular weight excluding hydrogens is 292 g/mol. The Morgan fingerprint density at radius 3 is 2.67 bits per heavy atom. The third-order valence-corrected chi connectivity index (χ3v) is 3.58. The van der Waals surface area contributed by atoms with Crippen LogP contribution in [0.3, 0.4) is 0 Å². The highest BCUT2D eigenvalue weighted by Gasteiger charge is 2.15. The second-order valence-corrected chi connectivity index (χ2v) is 5.52. The lowest BCUT2D eigenvalue weighted by atomic mass is 10.2. The number of anilines is 1. The van der Waals surface area contributed by atoms with Gasteiger partial charge in [0, 0.05) is 16.2 Å². The second-order valence-electron chi connectivity index (χ2n) is 4.67. The first kappa shape index (κ1) is 15.0. The van der Waals surface area contributed by atoms with Gasteiger partial charge in [-0.05, 0) is 60.8 Å². The monoisotopic (exact) mass is 312 g/mol. The second kappa shape index (κ2) is 6.78. The molecule has 100 valence electrons. The van der Waals surface area contributed by atoms with Crippen LogP contribution in [-0.2, 0) is 4.79 Å². The van der Waals surface area contributed by atoms with Crippen LogP contribution < -0.4 is 10.6 Å². The van der Waals surface area contributed by atoms with Crippen molar-refractivity contribution in [3.05, 3.63) is 28.2 Å². The predicted octanol–water partition coefficient (Wildman–Crippen LogP) is 3.47. The van der Waals surface area contributed by atoms with Crippen LogP contribution >= 0.6 is 15.9 Å². The zero-order valence-corrected chi connectivity index (χ0v) is 13.0. The molecule has 0 aliphatic heterocycles. The fraction of sp³-hybridized carbons (Fsp3) is 0.500. The van der Waals surface area contributed by atoms with Gasteiger partial charge in [-0.1, -0.05) is 13.0 Å². The summed E-state index contributed by atoms with van der Waals surface area (Å²) in [6.07, 6.45) is 0.937. The molecule has 0 saturated heterocycles. The standard InChI is InChI=1S/C14H21BrN2O/c1-5-10(3)16-14(18)11(4)17-13-8-9(2)6-7-12(13)15/h6-8,10-11,17H,5H2,1-4H3,(H,16,18). The van der Waals surface area contributed by atoms with Crippen LogP contribution in [0.5, 0.6) is 0 Å². The van der Waals surface area contributed by atoms with E-state index in [1.807, 2.05) is 39.0 Å². The quantitative estimate of drug-likeness (QED) is 0.874. The Kier molecular flexibility index (Phi) is 5.66. The highest BCUT2D eigenvalue weighted by atomic mass is 79.9. The van der Waals surface area contributed by atoms with Crippen molar-refractivity contribution in [1.82, 2.24) is 5.32 Å². The molecule has 2 unspecified atom stereocenters. The summed E-state index contributed by atoms with van der Waals surface area (Å²) in [5, 5.41) is 6.19. The van der Waals surface area contributed by atoms with Crippen LogP contribution in [-0.4, -0.2) is 18.0 Å². The van der Waals surface area contributed by atoms with Crippen molar-refractivity contribution < 1.29 is 4.79 Å². The largest absolute Gasteiger partial charge is 0.373 e. The Labute approximate surface area is 117 Å². The van der Waals surface area contributed by atoms with Gasteiger partial charge in [0.2, 0.25) is 5.91 Å². The number of nitrogens with one attached hydrogen (secondary N) is 2. The smallest absolute Gasteiger partial charge is 0.242 e. The molecule has 4 heteroatoms. The van der Waals surface area contributed by atoms with E-state index in [1.54, 1.807) is 0 Å². The molecule has 1 amide bonds. The summed E-state index contributed by atoms with van der Waals surface area (Å²) in [4.78, 5) is 11.9. The lowest BCUT2D eigenvalue weighted by Crippen LogP contribution is -2.41. The number of carbonyl (C=O) groups excluding carboxylic acids is 1. The minimum Gasteiger partial charge on any atom is -0.373 e. The van der Waals surface area contributed by atoms with E-state index in [9.17, 15) is 4.79 Å². The summed E-state index contributed by atoms with van der Waals surface area (Å²) < 4.78 is 0.969. The van der Waals surface area contributed by atoms with E-state index in [0.717, 1.165) is 22.1 Å². The number of benzene rings is 1. The minimum absolute atomic E-state index is 0.0257. The third-order valence-electron chi connectivity index (χ3n) is 2.89. The first-order valence-electron chi connectivity index (χ1n) is 6.27. The summed E-state index contributed by atoms with van der Waals surface area (Å²) >= 11 is 3.48. The SMILES string of the molecule is CCC(C)NC(=O)C(C)Nc1cc(C)ccc1Br. The average molecular weight is 313 g/mol. The number of halogens is 1. The van der Waals surface area contributed by atoms with Crippen molar-refractivity contribution in [2.45, 2.75) is 46.2 Å². The molecule has 1 aromatic rings. The molecule has 0 aliphatic carbocycles. The molecule has 1 aromatic carbocycles. The van der Waals surface area contributed by atoms with Gasteiger partial charge >= 0.3 is 0 Å². The normalized spacial score (nSPS) is 13.8. The summed E-state index contributed by atoms with van der Waals surface area (Å²) in [7, 11) is 0. The maximum atomic E-state index is 11.9. The van der Waals surface area contributed by atoms with E-state index in [0.29, 0.717) is 0 Å². The molecule has 0 fully saturated rings. The fourth-order valence-corrected chi connectivity index (χ4v) is 1.88. The van der Waals surface area contributed by atoms with Crippen LogP contribution in [0, 0.1) is 6.92 Å². The van der Waals surface area contributed by atoms with Crippen molar-refractivity contribution in [2.75, 3.05) is 5.32 Å². The number of amides is 1. The Bertz CT molecular complexity index is 420. The van der Waals surface area contributed by atoms with Crippen LogP contribution in [0.25, 0.3) is 0 Å². The van der Waals surface area contributed by atoms with E-state index in [1.165, 1.54) is 0 Å². The van der Waals surface area contributed by atoms with E-state index < -0.39 is 0 Å². The lowest BCUT2D eigenvalue weighted by molar-refractivity contribution is -0.122. The van der Waals surface area contributed by atoms with E-state index >= 15 is 0 Å². The van der Waals surface area contributed by atoms with Crippen molar-refractivity contribution in [2.24, 2.45) is 0 Å². The van der Waals surface area contributed by atoms with Gasteiger partial charge in [-0.15, -0.1) is 0 Å². The number of carbonyl (C=O) groups is 1. The van der Waals surface area contributed by atoms with Gasteiger partial charge in [0.05, 0.1) is 0 Å². The first-order chi connectivity index (χ1) is 8.43. The molecule has 0 saturated carbocycles. The van der Waals surface area contributed by atoms with Crippen molar-refractivity contribution in [3.63, 3.8) is 0 Å². The van der Waals surface area contributed by atoms with Gasteiger partial charge in [0.25, 0.3) is 0 Å². The molecule has 18 heavy (non-hydrogen) atoms. The number of rotatable bonds is 5. The van der Waals surface area contributed by atoms with E-state index in [2.05, 4.69) is 33.5 Å². The molecule has 2 N–H and O–H groups in total. The summed E-state index contributed by atoms with van der Waals surface area (Å²) in [6, 6.07) is 5.99. The van der Waals surface area contributed by atoms with E-state index in [-0.39, 0.29) is 18.0 Å². The zero-order valence-electron chi connectivity index (χ0n) is 11.4. The molecule has 0 aliphatic rings. The highest BCUT2D eigenvalue weighted by Crippen LogP contribution is 2.23. The summed E-state index contributed by atoms with van der Waals surface area (Å²) in [5.41, 5.74) is 2.11. The summed E-state index contributed by atoms with van der Waals surface area (Å²) in [5.74, 6) is 0.0257. The van der Waals surface area contributed by atoms with E-state index in [4.69, 9.17) is 0 Å². The molecule has 0 radical (unpaired) electrons. The van der Waals surface area contributed by atoms with Crippen molar-refractivity contribution in [3.8, 4) is 0 Å². The molecule has 1 rings (SSSR count). The van der Waals surface area contributed by atoms with Gasteiger partial charge in [0.1, 0.15) is 6.04 Å². The average Bonchev–Trinajstić information content (AvgIpc) is 2.33. The molecular formula is C14H21BrN2O. The van der Waals surface area contributed by atoms with Gasteiger partial charge < -0.3 is 10.6 Å². The lowest BCUT2D eigenvalue weighted by Gasteiger charge is -2.19. The zero-order chi connectivity index (χ0) is 13.7. The highest BCUT2D eigenvalue weighted by molar-refractivity contribution is 9.10. The first-order valence-corrected chi connectivity index (χ1v) is 7.06. The maximum absolute atomic E-state index is 11.9. The molecule has 2 atom stereocenters. The van der Waals surface area contributed by atoms with Crippen LogP contribution in [0.15, 0.2) is 22.7 Å².